The maximum absolute atomic E-state index is 9.58. The maximum Gasteiger partial charge on any atom is 0.143 e. The van der Waals surface area contributed by atoms with Crippen LogP contribution in [0.2, 0.25) is 0 Å². The van der Waals surface area contributed by atoms with Crippen molar-refractivity contribution in [2.75, 3.05) is 12.4 Å². The van der Waals surface area contributed by atoms with E-state index in [9.17, 15) is 5.11 Å². The zero-order valence-corrected chi connectivity index (χ0v) is 7.28. The predicted octanol–water partition coefficient (Wildman–Crippen LogP) is 1.98. The molecule has 3 nitrogen and oxygen atoms in total. The molecule has 0 aliphatic carbocycles. The van der Waals surface area contributed by atoms with Gasteiger partial charge in [-0.05, 0) is 12.1 Å². The van der Waals surface area contributed by atoms with Gasteiger partial charge >= 0.3 is 0 Å². The molecule has 1 heterocycles. The molecular weight excluding hydrogens is 164 g/mol. The van der Waals surface area contributed by atoms with Gasteiger partial charge in [0, 0.05) is 30.4 Å². The summed E-state index contributed by atoms with van der Waals surface area (Å²) in [7, 11) is 1.82. The second-order valence-corrected chi connectivity index (χ2v) is 2.82. The maximum atomic E-state index is 9.58. The summed E-state index contributed by atoms with van der Waals surface area (Å²) in [6, 6.07) is 7.38. The molecule has 0 spiro atoms. The topological polar surface area (TPSA) is 45.1 Å². The summed E-state index contributed by atoms with van der Waals surface area (Å²) in [6.07, 6.45) is 1.67. The normalized spacial score (nSPS) is 10.2. The first kappa shape index (κ1) is 7.86. The average molecular weight is 174 g/mol. The molecule has 3 heteroatoms. The van der Waals surface area contributed by atoms with Crippen molar-refractivity contribution in [2.45, 2.75) is 0 Å². The first-order valence-corrected chi connectivity index (χ1v) is 4.07. The Kier molecular flexibility index (Phi) is 1.77. The van der Waals surface area contributed by atoms with Gasteiger partial charge < -0.3 is 10.4 Å². The average Bonchev–Trinajstić information content (AvgIpc) is 2.18. The molecule has 0 unspecified atom stereocenters. The number of anilines is 1. The van der Waals surface area contributed by atoms with Crippen molar-refractivity contribution in [3.05, 3.63) is 30.5 Å². The first-order chi connectivity index (χ1) is 6.31. The fourth-order valence-electron chi connectivity index (χ4n) is 1.32. The highest BCUT2D eigenvalue weighted by Gasteiger charge is 2.01. The van der Waals surface area contributed by atoms with Gasteiger partial charge in [-0.25, -0.2) is 0 Å². The van der Waals surface area contributed by atoms with Crippen LogP contribution in [0, 0.1) is 0 Å². The lowest BCUT2D eigenvalue weighted by molar-refractivity contribution is 0.480. The Bertz CT molecular complexity index is 440. The predicted molar refractivity (Wildman–Crippen MR) is 53.0 cm³/mol. The number of benzene rings is 1. The van der Waals surface area contributed by atoms with Crippen molar-refractivity contribution < 1.29 is 5.11 Å². The van der Waals surface area contributed by atoms with Crippen LogP contribution in [-0.2, 0) is 0 Å². The third-order valence-electron chi connectivity index (χ3n) is 1.97. The minimum atomic E-state index is 0.211. The number of hydrogen-bond acceptors (Lipinski definition) is 3. The molecule has 0 saturated heterocycles. The SMILES string of the molecule is CNc1cc(O)c2ncccc2c1. The minimum Gasteiger partial charge on any atom is -0.506 e. The van der Waals surface area contributed by atoms with Crippen LogP contribution in [0.4, 0.5) is 5.69 Å². The summed E-state index contributed by atoms with van der Waals surface area (Å²) in [4.78, 5) is 4.08. The molecular formula is C10H10N2O. The van der Waals surface area contributed by atoms with Gasteiger partial charge in [-0.2, -0.15) is 0 Å². The molecule has 2 aromatic rings. The molecule has 2 rings (SSSR count). The number of aromatic nitrogens is 1. The molecule has 0 aliphatic heterocycles. The number of pyridine rings is 1. The molecule has 0 bridgehead atoms. The first-order valence-electron chi connectivity index (χ1n) is 4.07. The van der Waals surface area contributed by atoms with Gasteiger partial charge in [-0.3, -0.25) is 4.98 Å². The lowest BCUT2D eigenvalue weighted by Gasteiger charge is -2.03. The largest absolute Gasteiger partial charge is 0.506 e. The minimum absolute atomic E-state index is 0.211. The van der Waals surface area contributed by atoms with Gasteiger partial charge in [0.15, 0.2) is 0 Å². The molecule has 66 valence electrons. The van der Waals surface area contributed by atoms with Crippen molar-refractivity contribution in [3.8, 4) is 5.75 Å². The Hall–Kier alpha value is -1.77. The molecule has 1 aromatic heterocycles. The van der Waals surface area contributed by atoms with E-state index in [1.807, 2.05) is 25.2 Å². The highest BCUT2D eigenvalue weighted by atomic mass is 16.3. The van der Waals surface area contributed by atoms with E-state index in [0.29, 0.717) is 5.52 Å². The van der Waals surface area contributed by atoms with Gasteiger partial charge in [-0.15, -0.1) is 0 Å². The van der Waals surface area contributed by atoms with Crippen LogP contribution in [0.1, 0.15) is 0 Å². The number of hydrogen-bond donors (Lipinski definition) is 2. The molecule has 1 aromatic carbocycles. The highest BCUT2D eigenvalue weighted by molar-refractivity contribution is 5.87. The number of nitrogens with zero attached hydrogens (tertiary/aromatic N) is 1. The number of rotatable bonds is 1. The van der Waals surface area contributed by atoms with Crippen LogP contribution in [0.5, 0.6) is 5.75 Å². The van der Waals surface area contributed by atoms with E-state index < -0.39 is 0 Å². The van der Waals surface area contributed by atoms with Crippen LogP contribution >= 0.6 is 0 Å². The Morgan fingerprint density at radius 1 is 1.38 bits per heavy atom. The van der Waals surface area contributed by atoms with Crippen LogP contribution in [0.3, 0.4) is 0 Å². The zero-order chi connectivity index (χ0) is 9.26. The van der Waals surface area contributed by atoms with E-state index in [2.05, 4.69) is 10.3 Å². The van der Waals surface area contributed by atoms with E-state index in [4.69, 9.17) is 0 Å². The summed E-state index contributed by atoms with van der Waals surface area (Å²) in [5.41, 5.74) is 1.53. The molecule has 13 heavy (non-hydrogen) atoms. The van der Waals surface area contributed by atoms with Crippen molar-refractivity contribution in [2.24, 2.45) is 0 Å². The smallest absolute Gasteiger partial charge is 0.143 e. The summed E-state index contributed by atoms with van der Waals surface area (Å²) in [5, 5.41) is 13.5. The van der Waals surface area contributed by atoms with Crippen molar-refractivity contribution in [1.29, 1.82) is 0 Å². The molecule has 2 N–H and O–H groups in total. The Balaban J connectivity index is 2.77. The fraction of sp³-hybridized carbons (Fsp3) is 0.100. The van der Waals surface area contributed by atoms with Gasteiger partial charge in [0.2, 0.25) is 0 Å². The molecule has 0 saturated carbocycles. The monoisotopic (exact) mass is 174 g/mol. The number of phenols is 1. The number of aromatic hydroxyl groups is 1. The third kappa shape index (κ3) is 1.28. The van der Waals surface area contributed by atoms with E-state index in [0.717, 1.165) is 11.1 Å². The highest BCUT2D eigenvalue weighted by Crippen LogP contribution is 2.26. The van der Waals surface area contributed by atoms with E-state index in [1.54, 1.807) is 12.3 Å². The van der Waals surface area contributed by atoms with Crippen molar-refractivity contribution in [3.63, 3.8) is 0 Å². The third-order valence-corrected chi connectivity index (χ3v) is 1.97. The van der Waals surface area contributed by atoms with Gasteiger partial charge in [0.25, 0.3) is 0 Å². The van der Waals surface area contributed by atoms with E-state index in [-0.39, 0.29) is 5.75 Å². The molecule has 0 amide bonds. The Morgan fingerprint density at radius 2 is 2.23 bits per heavy atom. The number of fused-ring (bicyclic) bond motifs is 1. The molecule has 0 atom stereocenters. The summed E-state index contributed by atoms with van der Waals surface area (Å²) in [6.45, 7) is 0. The Labute approximate surface area is 76.0 Å². The van der Waals surface area contributed by atoms with Gasteiger partial charge in [-0.1, -0.05) is 6.07 Å². The second-order valence-electron chi connectivity index (χ2n) is 2.82. The standard InChI is InChI=1S/C10H10N2O/c1-11-8-5-7-3-2-4-12-10(7)9(13)6-8/h2-6,11,13H,1H3. The molecule has 0 fully saturated rings. The van der Waals surface area contributed by atoms with Crippen LogP contribution in [0.25, 0.3) is 10.9 Å². The second kappa shape index (κ2) is 2.94. The number of nitrogens with one attached hydrogen (secondary N) is 1. The lowest BCUT2D eigenvalue weighted by Crippen LogP contribution is -1.88. The summed E-state index contributed by atoms with van der Waals surface area (Å²) in [5.74, 6) is 0.211. The van der Waals surface area contributed by atoms with Gasteiger partial charge in [0.05, 0.1) is 0 Å². The summed E-state index contributed by atoms with van der Waals surface area (Å²) >= 11 is 0. The van der Waals surface area contributed by atoms with Crippen LogP contribution < -0.4 is 5.32 Å². The van der Waals surface area contributed by atoms with Crippen molar-refractivity contribution in [1.82, 2.24) is 4.98 Å². The summed E-state index contributed by atoms with van der Waals surface area (Å²) < 4.78 is 0. The lowest BCUT2D eigenvalue weighted by atomic mass is 10.2. The van der Waals surface area contributed by atoms with E-state index in [1.165, 1.54) is 0 Å². The van der Waals surface area contributed by atoms with Crippen LogP contribution in [-0.4, -0.2) is 17.1 Å². The Morgan fingerprint density at radius 3 is 3.00 bits per heavy atom. The van der Waals surface area contributed by atoms with Gasteiger partial charge in [0.1, 0.15) is 11.3 Å². The quantitative estimate of drug-likeness (QED) is 0.694. The zero-order valence-electron chi connectivity index (χ0n) is 7.28. The van der Waals surface area contributed by atoms with Crippen molar-refractivity contribution >= 4 is 16.6 Å². The molecule has 0 aliphatic rings. The number of phenolic OH excluding ortho intramolecular Hbond substituents is 1. The molecule has 0 radical (unpaired) electrons. The fourth-order valence-corrected chi connectivity index (χ4v) is 1.32. The van der Waals surface area contributed by atoms with E-state index >= 15 is 0 Å². The van der Waals surface area contributed by atoms with Crippen LogP contribution in [0.15, 0.2) is 30.5 Å².